The third kappa shape index (κ3) is 7.21. The van der Waals surface area contributed by atoms with Crippen LogP contribution in [0.1, 0.15) is 33.5 Å². The van der Waals surface area contributed by atoms with E-state index in [2.05, 4.69) is 20.4 Å². The summed E-state index contributed by atoms with van der Waals surface area (Å²) in [7, 11) is 0. The quantitative estimate of drug-likeness (QED) is 0.146. The monoisotopic (exact) mass is 590 g/mol. The third-order valence-corrected chi connectivity index (χ3v) is 7.59. The molecule has 8 heteroatoms. The summed E-state index contributed by atoms with van der Waals surface area (Å²) >= 11 is 0. The second-order valence-electron chi connectivity index (χ2n) is 10.8. The first-order valence-corrected chi connectivity index (χ1v) is 14.5. The van der Waals surface area contributed by atoms with Gasteiger partial charge in [0, 0.05) is 35.1 Å². The van der Waals surface area contributed by atoms with Crippen molar-refractivity contribution in [3.8, 4) is 5.75 Å². The van der Waals surface area contributed by atoms with Gasteiger partial charge in [0.2, 0.25) is 0 Å². The molecule has 0 aliphatic heterocycles. The summed E-state index contributed by atoms with van der Waals surface area (Å²) in [6.45, 7) is 6.17. The largest absolute Gasteiger partial charge is 0.483 e. The molecule has 0 fully saturated rings. The van der Waals surface area contributed by atoms with Crippen molar-refractivity contribution in [1.82, 2.24) is 15.3 Å². The second kappa shape index (κ2) is 13.8. The van der Waals surface area contributed by atoms with Gasteiger partial charge >= 0.3 is 0 Å². The van der Waals surface area contributed by atoms with E-state index in [9.17, 15) is 14.0 Å². The first kappa shape index (κ1) is 30.2. The summed E-state index contributed by atoms with van der Waals surface area (Å²) < 4.78 is 21.4. The molecule has 1 heterocycles. The molecule has 2 amide bonds. The summed E-state index contributed by atoms with van der Waals surface area (Å²) in [6, 6.07) is 28.8. The molecule has 4 aromatic carbocycles. The zero-order valence-electron chi connectivity index (χ0n) is 25.0. The molecule has 0 unspecified atom stereocenters. The number of benzene rings is 4. The Morgan fingerprint density at radius 2 is 1.55 bits per heavy atom. The van der Waals surface area contributed by atoms with Gasteiger partial charge in [-0.25, -0.2) is 9.82 Å². The molecule has 7 nitrogen and oxygen atoms in total. The van der Waals surface area contributed by atoms with Crippen molar-refractivity contribution >= 4 is 28.9 Å². The van der Waals surface area contributed by atoms with E-state index in [1.54, 1.807) is 18.3 Å². The van der Waals surface area contributed by atoms with E-state index in [0.717, 1.165) is 44.4 Å². The normalized spacial score (nSPS) is 11.9. The predicted octanol–water partition coefficient (Wildman–Crippen LogP) is 6.01. The van der Waals surface area contributed by atoms with Crippen LogP contribution in [0.5, 0.6) is 5.75 Å². The minimum atomic E-state index is -0.871. The van der Waals surface area contributed by atoms with Crippen molar-refractivity contribution in [1.29, 1.82) is 0 Å². The maximum Gasteiger partial charge on any atom is 0.262 e. The molecular weight excluding hydrogens is 555 g/mol. The van der Waals surface area contributed by atoms with Crippen LogP contribution in [0.3, 0.4) is 0 Å². The number of hydrogen-bond acceptors (Lipinski definition) is 4. The molecule has 0 saturated carbocycles. The third-order valence-electron chi connectivity index (χ3n) is 7.59. The van der Waals surface area contributed by atoms with Crippen LogP contribution in [0.4, 0.5) is 4.39 Å². The lowest BCUT2D eigenvalue weighted by atomic mass is 10.1. The number of aryl methyl sites for hydroxylation is 2. The number of hydrogen-bond donors (Lipinski definition) is 2. The molecule has 224 valence electrons. The summed E-state index contributed by atoms with van der Waals surface area (Å²) in [6.07, 6.45) is 1.91. The Morgan fingerprint density at radius 1 is 0.864 bits per heavy atom. The summed E-state index contributed by atoms with van der Waals surface area (Å²) in [5.74, 6) is -0.474. The Balaban J connectivity index is 1.32. The van der Waals surface area contributed by atoms with Crippen molar-refractivity contribution in [2.24, 2.45) is 5.10 Å². The smallest absolute Gasteiger partial charge is 0.262 e. The molecule has 0 radical (unpaired) electrons. The van der Waals surface area contributed by atoms with Gasteiger partial charge in [-0.3, -0.25) is 9.59 Å². The topological polar surface area (TPSA) is 84.7 Å². The van der Waals surface area contributed by atoms with E-state index < -0.39 is 17.9 Å². The van der Waals surface area contributed by atoms with E-state index in [0.29, 0.717) is 12.3 Å². The molecule has 0 aliphatic rings. The zero-order valence-corrected chi connectivity index (χ0v) is 25.0. The summed E-state index contributed by atoms with van der Waals surface area (Å²) in [5.41, 5.74) is 9.16. The summed E-state index contributed by atoms with van der Waals surface area (Å²) in [5, 5.41) is 8.09. The lowest BCUT2D eigenvalue weighted by Crippen LogP contribution is -2.48. The Hall–Kier alpha value is -5.24. The number of ether oxygens (including phenoxy) is 1. The number of rotatable bonds is 11. The number of nitrogens with zero attached hydrogens (tertiary/aromatic N) is 2. The SMILES string of the molecule is Cc1cccc(C)c1OCC(=O)N[C@@H](Cc1ccccc1)C(=O)N/N=C\c1c(C)n(Cc2ccc(F)cc2)c2ccccc12. The van der Waals surface area contributed by atoms with Crippen LogP contribution in [0.25, 0.3) is 10.9 Å². The maximum absolute atomic E-state index is 13.5. The van der Waals surface area contributed by atoms with Crippen LogP contribution in [0.15, 0.2) is 102 Å². The number of para-hydroxylation sites is 2. The summed E-state index contributed by atoms with van der Waals surface area (Å²) in [4.78, 5) is 26.3. The molecule has 5 aromatic rings. The lowest BCUT2D eigenvalue weighted by molar-refractivity contribution is -0.130. The lowest BCUT2D eigenvalue weighted by Gasteiger charge is -2.18. The van der Waals surface area contributed by atoms with E-state index in [1.165, 1.54) is 12.1 Å². The Bertz CT molecular complexity index is 1780. The number of aromatic nitrogens is 1. The Kier molecular flexibility index (Phi) is 9.49. The van der Waals surface area contributed by atoms with E-state index in [-0.39, 0.29) is 18.8 Å². The molecule has 0 saturated heterocycles. The van der Waals surface area contributed by atoms with Gasteiger partial charge in [-0.15, -0.1) is 0 Å². The highest BCUT2D eigenvalue weighted by molar-refractivity contribution is 6.01. The number of nitrogens with one attached hydrogen (secondary N) is 2. The van der Waals surface area contributed by atoms with Crippen LogP contribution in [0.2, 0.25) is 0 Å². The Labute approximate surface area is 256 Å². The number of hydrazone groups is 1. The van der Waals surface area contributed by atoms with Crippen molar-refractivity contribution < 1.29 is 18.7 Å². The number of carbonyl (C=O) groups is 2. The maximum atomic E-state index is 13.5. The number of halogens is 1. The zero-order chi connectivity index (χ0) is 31.1. The Morgan fingerprint density at radius 3 is 2.27 bits per heavy atom. The highest BCUT2D eigenvalue weighted by atomic mass is 19.1. The average molecular weight is 591 g/mol. The van der Waals surface area contributed by atoms with E-state index in [4.69, 9.17) is 4.74 Å². The highest BCUT2D eigenvalue weighted by Gasteiger charge is 2.22. The van der Waals surface area contributed by atoms with Crippen molar-refractivity contribution in [3.05, 3.63) is 136 Å². The van der Waals surface area contributed by atoms with Crippen LogP contribution in [0, 0.1) is 26.6 Å². The first-order valence-electron chi connectivity index (χ1n) is 14.5. The molecule has 1 atom stereocenters. The number of carbonyl (C=O) groups excluding carboxylic acids is 2. The number of fused-ring (bicyclic) bond motifs is 1. The fourth-order valence-corrected chi connectivity index (χ4v) is 5.29. The van der Waals surface area contributed by atoms with Gasteiger partial charge in [0.25, 0.3) is 11.8 Å². The van der Waals surface area contributed by atoms with Gasteiger partial charge < -0.3 is 14.6 Å². The van der Waals surface area contributed by atoms with Gasteiger partial charge in [-0.05, 0) is 61.2 Å². The molecule has 0 bridgehead atoms. The van der Waals surface area contributed by atoms with Gasteiger partial charge in [0.1, 0.15) is 17.6 Å². The molecule has 0 aliphatic carbocycles. The van der Waals surface area contributed by atoms with Gasteiger partial charge in [0.05, 0.1) is 6.21 Å². The standard InChI is InChI=1S/C36H35FN4O3/c1-24-10-9-11-25(2)35(24)44-23-34(42)39-32(20-27-12-5-4-6-13-27)36(43)40-38-21-31-26(3)41(33-15-8-7-14-30(31)33)22-28-16-18-29(37)19-17-28/h4-19,21,32H,20,22-23H2,1-3H3,(H,39,42)(H,40,43)/b38-21-/t32-/m0/s1. The van der Waals surface area contributed by atoms with Crippen molar-refractivity contribution in [3.63, 3.8) is 0 Å². The van der Waals surface area contributed by atoms with Crippen LogP contribution in [-0.4, -0.2) is 35.2 Å². The fraction of sp³-hybridized carbons (Fsp3) is 0.194. The molecular formula is C36H35FN4O3. The molecule has 44 heavy (non-hydrogen) atoms. The van der Waals surface area contributed by atoms with E-state index >= 15 is 0 Å². The van der Waals surface area contributed by atoms with Gasteiger partial charge in [-0.2, -0.15) is 5.10 Å². The average Bonchev–Trinajstić information content (AvgIpc) is 3.28. The fourth-order valence-electron chi connectivity index (χ4n) is 5.29. The minimum Gasteiger partial charge on any atom is -0.483 e. The van der Waals surface area contributed by atoms with Crippen LogP contribution >= 0.6 is 0 Å². The van der Waals surface area contributed by atoms with Crippen molar-refractivity contribution in [2.75, 3.05) is 6.61 Å². The highest BCUT2D eigenvalue weighted by Crippen LogP contribution is 2.26. The van der Waals surface area contributed by atoms with Crippen LogP contribution < -0.4 is 15.5 Å². The molecule has 2 N–H and O–H groups in total. The van der Waals surface area contributed by atoms with Gasteiger partial charge in [0.15, 0.2) is 6.61 Å². The second-order valence-corrected chi connectivity index (χ2v) is 10.8. The van der Waals surface area contributed by atoms with E-state index in [1.807, 2.05) is 93.6 Å². The van der Waals surface area contributed by atoms with Crippen LogP contribution in [-0.2, 0) is 22.6 Å². The first-order chi connectivity index (χ1) is 21.3. The molecule has 5 rings (SSSR count). The van der Waals surface area contributed by atoms with Gasteiger partial charge in [-0.1, -0.05) is 78.9 Å². The predicted molar refractivity (Wildman–Crippen MR) is 171 cm³/mol. The minimum absolute atomic E-state index is 0.222. The molecule has 1 aromatic heterocycles. The number of amides is 2. The van der Waals surface area contributed by atoms with Crippen molar-refractivity contribution in [2.45, 2.75) is 39.8 Å². The molecule has 0 spiro atoms.